The molecule has 2 heterocycles. The highest BCUT2D eigenvalue weighted by molar-refractivity contribution is 7.71. The van der Waals surface area contributed by atoms with Gasteiger partial charge in [-0.2, -0.15) is 4.68 Å². The van der Waals surface area contributed by atoms with Gasteiger partial charge in [-0.15, -0.1) is 0 Å². The van der Waals surface area contributed by atoms with Crippen molar-refractivity contribution in [1.82, 2.24) is 24.7 Å². The van der Waals surface area contributed by atoms with Crippen LogP contribution in [0.3, 0.4) is 0 Å². The Bertz CT molecular complexity index is 1070. The largest absolute Gasteiger partial charge is 0.492 e. The average molecular weight is 425 g/mol. The lowest BCUT2D eigenvalue weighted by molar-refractivity contribution is 0.192. The molecule has 158 valence electrons. The Hall–Kier alpha value is -2.71. The maximum atomic E-state index is 5.80. The van der Waals surface area contributed by atoms with E-state index < -0.39 is 0 Å². The lowest BCUT2D eigenvalue weighted by atomic mass is 10.1. The molecule has 0 radical (unpaired) electrons. The van der Waals surface area contributed by atoms with Gasteiger partial charge in [-0.3, -0.25) is 4.90 Å². The van der Waals surface area contributed by atoms with Crippen molar-refractivity contribution in [2.75, 3.05) is 37.7 Å². The van der Waals surface area contributed by atoms with Gasteiger partial charge in [0.05, 0.1) is 24.7 Å². The number of aryl methyl sites for hydroxylation is 2. The molecular weight excluding hydrogens is 396 g/mol. The molecule has 0 unspecified atom stereocenters. The second-order valence-corrected chi connectivity index (χ2v) is 7.98. The van der Waals surface area contributed by atoms with Crippen LogP contribution in [0.2, 0.25) is 0 Å². The first-order valence-electron chi connectivity index (χ1n) is 10.4. The highest BCUT2D eigenvalue weighted by atomic mass is 32.1. The number of piperazine rings is 1. The van der Waals surface area contributed by atoms with Crippen molar-refractivity contribution in [2.45, 2.75) is 27.4 Å². The summed E-state index contributed by atoms with van der Waals surface area (Å²) in [6.45, 7) is 11.2. The van der Waals surface area contributed by atoms with Gasteiger partial charge in [0.25, 0.3) is 0 Å². The van der Waals surface area contributed by atoms with Crippen molar-refractivity contribution < 1.29 is 4.74 Å². The third kappa shape index (κ3) is 4.24. The van der Waals surface area contributed by atoms with Crippen molar-refractivity contribution in [3.05, 3.63) is 58.4 Å². The van der Waals surface area contributed by atoms with Crippen molar-refractivity contribution in [2.24, 2.45) is 0 Å². The number of ether oxygens (including phenoxy) is 1. The zero-order valence-corrected chi connectivity index (χ0v) is 18.6. The summed E-state index contributed by atoms with van der Waals surface area (Å²) in [5.41, 5.74) is 4.50. The monoisotopic (exact) mass is 424 g/mol. The number of benzene rings is 2. The molecule has 0 spiro atoms. The zero-order valence-electron chi connectivity index (χ0n) is 17.8. The molecule has 30 heavy (non-hydrogen) atoms. The first-order valence-corrected chi connectivity index (χ1v) is 10.8. The van der Waals surface area contributed by atoms with E-state index in [1.165, 1.54) is 5.56 Å². The van der Waals surface area contributed by atoms with Crippen molar-refractivity contribution in [3.8, 4) is 11.4 Å². The number of aromatic nitrogens is 4. The Morgan fingerprint density at radius 1 is 0.967 bits per heavy atom. The lowest BCUT2D eigenvalue weighted by Crippen LogP contribution is -2.47. The van der Waals surface area contributed by atoms with Crippen LogP contribution in [0.25, 0.3) is 5.69 Å². The minimum absolute atomic E-state index is 0.617. The molecule has 1 aliphatic rings. The number of rotatable bonds is 6. The molecular formula is C22H28N6OS. The number of tetrazole rings is 1. The van der Waals surface area contributed by atoms with E-state index in [-0.39, 0.29) is 0 Å². The summed E-state index contributed by atoms with van der Waals surface area (Å²) in [5, 5.41) is 8.62. The van der Waals surface area contributed by atoms with E-state index in [4.69, 9.17) is 17.0 Å². The Morgan fingerprint density at radius 3 is 2.47 bits per heavy atom. The summed E-state index contributed by atoms with van der Waals surface area (Å²) >= 11 is 5.66. The number of hydrogen-bond acceptors (Lipinski definition) is 6. The molecule has 7 nitrogen and oxygen atoms in total. The molecule has 0 amide bonds. The van der Waals surface area contributed by atoms with Crippen molar-refractivity contribution in [1.29, 1.82) is 0 Å². The van der Waals surface area contributed by atoms with Crippen molar-refractivity contribution in [3.63, 3.8) is 0 Å². The molecule has 1 aromatic heterocycles. The predicted molar refractivity (Wildman–Crippen MR) is 121 cm³/mol. The van der Waals surface area contributed by atoms with Gasteiger partial charge in [-0.05, 0) is 67.2 Å². The van der Waals surface area contributed by atoms with Gasteiger partial charge >= 0.3 is 0 Å². The van der Waals surface area contributed by atoms with E-state index in [0.29, 0.717) is 18.0 Å². The standard InChI is InChI=1S/C22H28N6OS/c1-4-29-21-8-6-5-7-20(21)26-13-11-25(12-14-26)16-27-22(30)28(24-23-27)19-10-9-17(2)15-18(19)3/h5-10,15H,4,11-14,16H2,1-3H3. The lowest BCUT2D eigenvalue weighted by Gasteiger charge is -2.36. The molecule has 1 saturated heterocycles. The molecule has 0 aliphatic carbocycles. The van der Waals surface area contributed by atoms with Crippen LogP contribution in [-0.4, -0.2) is 57.5 Å². The first kappa shape index (κ1) is 20.6. The van der Waals surface area contributed by atoms with Gasteiger partial charge in [-0.1, -0.05) is 29.8 Å². The smallest absolute Gasteiger partial charge is 0.221 e. The maximum Gasteiger partial charge on any atom is 0.221 e. The van der Waals surface area contributed by atoms with E-state index in [9.17, 15) is 0 Å². The average Bonchev–Trinajstić information content (AvgIpc) is 3.09. The molecule has 0 saturated carbocycles. The summed E-state index contributed by atoms with van der Waals surface area (Å²) in [6.07, 6.45) is 0. The zero-order chi connectivity index (χ0) is 21.1. The number of anilines is 1. The highest BCUT2D eigenvalue weighted by Gasteiger charge is 2.21. The summed E-state index contributed by atoms with van der Waals surface area (Å²) in [5.74, 6) is 0.951. The van der Waals surface area contributed by atoms with E-state index in [1.54, 1.807) is 9.36 Å². The minimum atomic E-state index is 0.617. The van der Waals surface area contributed by atoms with Crippen LogP contribution in [0.15, 0.2) is 42.5 Å². The Kier molecular flexibility index (Phi) is 6.15. The number of nitrogens with zero attached hydrogens (tertiary/aromatic N) is 6. The van der Waals surface area contributed by atoms with E-state index in [0.717, 1.165) is 48.9 Å². The van der Waals surface area contributed by atoms with E-state index in [2.05, 4.69) is 58.3 Å². The van der Waals surface area contributed by atoms with Crippen LogP contribution in [0.5, 0.6) is 5.75 Å². The van der Waals surface area contributed by atoms with Gasteiger partial charge in [0, 0.05) is 26.2 Å². The van der Waals surface area contributed by atoms with Gasteiger partial charge < -0.3 is 9.64 Å². The molecule has 2 aromatic carbocycles. The fraction of sp³-hybridized carbons (Fsp3) is 0.409. The van der Waals surface area contributed by atoms with Crippen LogP contribution in [0, 0.1) is 18.6 Å². The molecule has 1 fully saturated rings. The number of para-hydroxylation sites is 2. The van der Waals surface area contributed by atoms with Crippen LogP contribution >= 0.6 is 12.2 Å². The van der Waals surface area contributed by atoms with Crippen LogP contribution < -0.4 is 9.64 Å². The van der Waals surface area contributed by atoms with Gasteiger partial charge in [0.1, 0.15) is 5.75 Å². The molecule has 3 aromatic rings. The van der Waals surface area contributed by atoms with Crippen LogP contribution in [-0.2, 0) is 6.67 Å². The Labute approximate surface area is 182 Å². The first-order chi connectivity index (χ1) is 14.6. The molecule has 8 heteroatoms. The normalized spacial score (nSPS) is 14.8. The van der Waals surface area contributed by atoms with Crippen LogP contribution in [0.1, 0.15) is 18.1 Å². The molecule has 4 rings (SSSR count). The topological polar surface area (TPSA) is 51.4 Å². The maximum absolute atomic E-state index is 5.80. The SMILES string of the molecule is CCOc1ccccc1N1CCN(Cn2nnn(-c3ccc(C)cc3C)c2=S)CC1. The van der Waals surface area contributed by atoms with Gasteiger partial charge in [0.15, 0.2) is 0 Å². The Balaban J connectivity index is 1.43. The van der Waals surface area contributed by atoms with Crippen molar-refractivity contribution >= 4 is 17.9 Å². The summed E-state index contributed by atoms with van der Waals surface area (Å²) in [4.78, 5) is 4.74. The number of hydrogen-bond donors (Lipinski definition) is 0. The van der Waals surface area contributed by atoms with Gasteiger partial charge in [0.2, 0.25) is 4.77 Å². The second kappa shape index (κ2) is 8.97. The summed E-state index contributed by atoms with van der Waals surface area (Å²) in [6, 6.07) is 14.5. The fourth-order valence-corrected chi connectivity index (χ4v) is 4.10. The third-order valence-corrected chi connectivity index (χ3v) is 5.82. The molecule has 1 aliphatic heterocycles. The third-order valence-electron chi connectivity index (χ3n) is 5.43. The Morgan fingerprint density at radius 2 is 1.73 bits per heavy atom. The molecule has 0 bridgehead atoms. The van der Waals surface area contributed by atoms with Gasteiger partial charge in [-0.25, -0.2) is 4.68 Å². The summed E-state index contributed by atoms with van der Waals surface area (Å²) in [7, 11) is 0. The second-order valence-electron chi connectivity index (χ2n) is 7.61. The van der Waals surface area contributed by atoms with Crippen LogP contribution in [0.4, 0.5) is 5.69 Å². The van der Waals surface area contributed by atoms with E-state index in [1.807, 2.05) is 25.1 Å². The molecule has 0 N–H and O–H groups in total. The van der Waals surface area contributed by atoms with E-state index >= 15 is 0 Å². The predicted octanol–water partition coefficient (Wildman–Crippen LogP) is 3.59. The fourth-order valence-electron chi connectivity index (χ4n) is 3.87. The summed E-state index contributed by atoms with van der Waals surface area (Å²) < 4.78 is 9.97. The minimum Gasteiger partial charge on any atom is -0.492 e. The highest BCUT2D eigenvalue weighted by Crippen LogP contribution is 2.28. The quantitative estimate of drug-likeness (QED) is 0.564. The molecule has 0 atom stereocenters.